The largest absolute Gasteiger partial charge is 0.364 e. The van der Waals surface area contributed by atoms with Crippen molar-refractivity contribution in [2.75, 3.05) is 0 Å². The first kappa shape index (κ1) is 13.9. The Labute approximate surface area is 95.9 Å². The van der Waals surface area contributed by atoms with Gasteiger partial charge in [-0.05, 0) is 19.1 Å². The first-order valence-electron chi connectivity index (χ1n) is 5.33. The molecule has 2 aromatic heterocycles. The lowest BCUT2D eigenvalue weighted by Gasteiger charge is -1.83. The molecule has 0 amide bonds. The smallest absolute Gasteiger partial charge is 0.124 e. The van der Waals surface area contributed by atoms with Gasteiger partial charge in [0, 0.05) is 10.9 Å². The first-order chi connectivity index (χ1) is 7.36. The van der Waals surface area contributed by atoms with Crippen LogP contribution in [0.4, 0.5) is 0 Å². The summed E-state index contributed by atoms with van der Waals surface area (Å²) in [6.07, 6.45) is 1.59. The summed E-state index contributed by atoms with van der Waals surface area (Å²) >= 11 is 1.72. The van der Waals surface area contributed by atoms with Crippen molar-refractivity contribution in [3.05, 3.63) is 29.3 Å². The van der Waals surface area contributed by atoms with Gasteiger partial charge in [-0.15, -0.1) is 11.3 Å². The molecule has 2 heterocycles. The molecule has 0 unspecified atom stereocenters. The van der Waals surface area contributed by atoms with Crippen molar-refractivity contribution in [3.63, 3.8) is 0 Å². The van der Waals surface area contributed by atoms with Gasteiger partial charge in [-0.25, -0.2) is 0 Å². The van der Waals surface area contributed by atoms with E-state index >= 15 is 0 Å². The summed E-state index contributed by atoms with van der Waals surface area (Å²) in [6, 6.07) is 6.00. The molecule has 0 aliphatic rings. The third kappa shape index (κ3) is 4.30. The zero-order valence-electron chi connectivity index (χ0n) is 10.1. The van der Waals surface area contributed by atoms with E-state index in [1.165, 1.54) is 4.88 Å². The minimum atomic E-state index is 0.920. The molecule has 0 saturated heterocycles. The molecular weight excluding hydrogens is 206 g/mol. The number of hydrogen-bond donors (Lipinski definition) is 0. The van der Waals surface area contributed by atoms with E-state index in [0.717, 1.165) is 10.6 Å². The van der Waals surface area contributed by atoms with E-state index in [0.29, 0.717) is 0 Å². The van der Waals surface area contributed by atoms with Crippen molar-refractivity contribution in [1.82, 2.24) is 5.16 Å². The summed E-state index contributed by atoms with van der Waals surface area (Å²) in [5.74, 6) is 0. The molecule has 0 aliphatic carbocycles. The maximum absolute atomic E-state index is 4.73. The van der Waals surface area contributed by atoms with Gasteiger partial charge in [0.1, 0.15) is 12.0 Å². The molecular formula is C12H19NOS. The van der Waals surface area contributed by atoms with Crippen molar-refractivity contribution < 1.29 is 4.52 Å². The van der Waals surface area contributed by atoms with Gasteiger partial charge in [0.15, 0.2) is 0 Å². The Bertz CT molecular complexity index is 338. The number of aryl methyl sites for hydroxylation is 1. The number of aromatic nitrogens is 1. The fourth-order valence-electron chi connectivity index (χ4n) is 0.912. The highest BCUT2D eigenvalue weighted by Gasteiger charge is 2.01. The van der Waals surface area contributed by atoms with Crippen molar-refractivity contribution >= 4 is 11.3 Å². The Morgan fingerprint density at radius 1 is 1.07 bits per heavy atom. The van der Waals surface area contributed by atoms with Crippen LogP contribution in [-0.2, 0) is 0 Å². The maximum Gasteiger partial charge on any atom is 0.124 e. The van der Waals surface area contributed by atoms with E-state index < -0.39 is 0 Å². The van der Waals surface area contributed by atoms with Crippen LogP contribution >= 0.6 is 11.3 Å². The zero-order chi connectivity index (χ0) is 11.7. The van der Waals surface area contributed by atoms with E-state index in [-0.39, 0.29) is 0 Å². The van der Waals surface area contributed by atoms with Crippen LogP contribution in [0.1, 0.15) is 32.6 Å². The highest BCUT2D eigenvalue weighted by molar-refractivity contribution is 7.15. The minimum absolute atomic E-state index is 0.920. The summed E-state index contributed by atoms with van der Waals surface area (Å²) in [6.45, 7) is 10.1. The summed E-state index contributed by atoms with van der Waals surface area (Å²) in [4.78, 5) is 2.46. The molecule has 0 aliphatic heterocycles. The molecule has 15 heavy (non-hydrogen) atoms. The number of thiophene rings is 1. The Kier molecular flexibility index (Phi) is 7.64. The van der Waals surface area contributed by atoms with Gasteiger partial charge in [-0.2, -0.15) is 0 Å². The van der Waals surface area contributed by atoms with E-state index in [4.69, 9.17) is 4.52 Å². The van der Waals surface area contributed by atoms with Crippen LogP contribution in [0.5, 0.6) is 0 Å². The molecule has 3 heteroatoms. The van der Waals surface area contributed by atoms with Crippen molar-refractivity contribution in [3.8, 4) is 10.6 Å². The van der Waals surface area contributed by atoms with Crippen molar-refractivity contribution in [2.45, 2.75) is 34.6 Å². The third-order valence-corrected chi connectivity index (χ3v) is 2.45. The van der Waals surface area contributed by atoms with Crippen LogP contribution in [-0.4, -0.2) is 5.16 Å². The summed E-state index contributed by atoms with van der Waals surface area (Å²) in [7, 11) is 0. The second kappa shape index (κ2) is 8.24. The Morgan fingerprint density at radius 3 is 2.13 bits per heavy atom. The molecule has 0 radical (unpaired) electrons. The Morgan fingerprint density at radius 2 is 1.73 bits per heavy atom. The fraction of sp³-hybridized carbons (Fsp3) is 0.417. The van der Waals surface area contributed by atoms with Crippen LogP contribution in [0.15, 0.2) is 29.0 Å². The molecule has 2 rings (SSSR count). The molecule has 2 nitrogen and oxygen atoms in total. The zero-order valence-corrected chi connectivity index (χ0v) is 10.9. The maximum atomic E-state index is 4.73. The lowest BCUT2D eigenvalue weighted by molar-refractivity contribution is 0.422. The first-order valence-corrected chi connectivity index (χ1v) is 6.15. The minimum Gasteiger partial charge on any atom is -0.364 e. The monoisotopic (exact) mass is 225 g/mol. The molecule has 0 saturated carbocycles. The summed E-state index contributed by atoms with van der Waals surface area (Å²) in [5.41, 5.74) is 0.920. The molecule has 0 aromatic carbocycles. The van der Waals surface area contributed by atoms with Crippen LogP contribution in [0.25, 0.3) is 10.6 Å². The van der Waals surface area contributed by atoms with Gasteiger partial charge >= 0.3 is 0 Å². The molecule has 0 bridgehead atoms. The van der Waals surface area contributed by atoms with Crippen molar-refractivity contribution in [1.29, 1.82) is 0 Å². The van der Waals surface area contributed by atoms with Crippen molar-refractivity contribution in [2.24, 2.45) is 0 Å². The highest BCUT2D eigenvalue weighted by Crippen LogP contribution is 2.25. The number of hydrogen-bond acceptors (Lipinski definition) is 3. The van der Waals surface area contributed by atoms with Gasteiger partial charge in [-0.3, -0.25) is 0 Å². The van der Waals surface area contributed by atoms with Gasteiger partial charge in [0.05, 0.1) is 4.88 Å². The van der Waals surface area contributed by atoms with Crippen LogP contribution in [0.3, 0.4) is 0 Å². The average molecular weight is 225 g/mol. The Hall–Kier alpha value is -1.09. The highest BCUT2D eigenvalue weighted by atomic mass is 32.1. The topological polar surface area (TPSA) is 26.0 Å². The number of rotatable bonds is 1. The quantitative estimate of drug-likeness (QED) is 0.699. The van der Waals surface area contributed by atoms with E-state index in [2.05, 4.69) is 24.2 Å². The SMILES string of the molecule is CC.CC.Cc1ccc(-c2ccon2)s1. The predicted octanol–water partition coefficient (Wildman–Crippen LogP) is 4.76. The van der Waals surface area contributed by atoms with E-state index in [1.807, 2.05) is 33.8 Å². The summed E-state index contributed by atoms with van der Waals surface area (Å²) < 4.78 is 4.73. The molecule has 0 fully saturated rings. The van der Waals surface area contributed by atoms with Gasteiger partial charge in [0.25, 0.3) is 0 Å². The van der Waals surface area contributed by atoms with Crippen LogP contribution in [0.2, 0.25) is 0 Å². The van der Waals surface area contributed by atoms with Gasteiger partial charge in [0.2, 0.25) is 0 Å². The van der Waals surface area contributed by atoms with E-state index in [1.54, 1.807) is 17.6 Å². The second-order valence-corrected chi connectivity index (χ2v) is 3.58. The molecule has 0 N–H and O–H groups in total. The molecule has 84 valence electrons. The molecule has 0 atom stereocenters. The van der Waals surface area contributed by atoms with Crippen LogP contribution < -0.4 is 0 Å². The summed E-state index contributed by atoms with van der Waals surface area (Å²) in [5, 5.41) is 3.84. The van der Waals surface area contributed by atoms with Crippen LogP contribution in [0, 0.1) is 6.92 Å². The van der Waals surface area contributed by atoms with E-state index in [9.17, 15) is 0 Å². The normalized spacial score (nSPS) is 8.33. The lowest BCUT2D eigenvalue weighted by Crippen LogP contribution is -1.65. The fourth-order valence-corrected chi connectivity index (χ4v) is 1.74. The molecule has 0 spiro atoms. The third-order valence-electron chi connectivity index (χ3n) is 1.43. The number of nitrogens with zero attached hydrogens (tertiary/aromatic N) is 1. The van der Waals surface area contributed by atoms with Gasteiger partial charge in [-0.1, -0.05) is 32.9 Å². The van der Waals surface area contributed by atoms with Gasteiger partial charge < -0.3 is 4.52 Å². The second-order valence-electron chi connectivity index (χ2n) is 2.29. The average Bonchev–Trinajstić information content (AvgIpc) is 2.94. The predicted molar refractivity (Wildman–Crippen MR) is 67.2 cm³/mol. The standard InChI is InChI=1S/C8H7NOS.2C2H6/c1-6-2-3-8(11-6)7-4-5-10-9-7;2*1-2/h2-5H,1H3;2*1-2H3. The Balaban J connectivity index is 0.000000442. The lowest BCUT2D eigenvalue weighted by atomic mass is 10.3. The molecule has 2 aromatic rings.